The molecule has 2 aliphatic rings. The highest BCUT2D eigenvalue weighted by atomic mass is 32.2. The molecule has 0 unspecified atom stereocenters. The number of carbonyl (C=O) groups is 2. The second-order valence-electron chi connectivity index (χ2n) is 8.71. The third-order valence-electron chi connectivity index (χ3n) is 5.58. The zero-order valence-corrected chi connectivity index (χ0v) is 29.3. The van der Waals surface area contributed by atoms with Gasteiger partial charge in [0.05, 0.1) is 66.8 Å². The monoisotopic (exact) mass is 752 g/mol. The topological polar surface area (TPSA) is 192 Å². The van der Waals surface area contributed by atoms with Gasteiger partial charge in [-0.1, -0.05) is 52.1 Å². The highest BCUT2D eigenvalue weighted by molar-refractivity contribution is 8.26. The van der Waals surface area contributed by atoms with Gasteiger partial charge in [0.25, 0.3) is 15.8 Å². The number of unbranched alkanes of at least 4 members (excludes halogenated alkanes) is 2. The molecule has 2 aliphatic heterocycles. The van der Waals surface area contributed by atoms with Gasteiger partial charge < -0.3 is 18.9 Å². The van der Waals surface area contributed by atoms with Crippen molar-refractivity contribution in [2.24, 2.45) is 0 Å². The van der Waals surface area contributed by atoms with Crippen LogP contribution in [0.2, 0.25) is 0 Å². The molecule has 0 saturated heterocycles. The number of nitrogens with zero attached hydrogens (tertiary/aromatic N) is 2. The molecule has 0 fully saturated rings. The van der Waals surface area contributed by atoms with Crippen molar-refractivity contribution in [1.82, 2.24) is 0 Å². The van der Waals surface area contributed by atoms with Gasteiger partial charge in [-0.25, -0.2) is 14.9 Å². The lowest BCUT2D eigenvalue weighted by Gasteiger charge is -2.18. The van der Waals surface area contributed by atoms with Crippen LogP contribution >= 0.6 is 59.1 Å². The molecule has 0 aliphatic carbocycles. The molecule has 0 bridgehead atoms. The van der Waals surface area contributed by atoms with Gasteiger partial charge in [0, 0.05) is 17.8 Å². The van der Waals surface area contributed by atoms with E-state index in [4.69, 9.17) is 35.3 Å². The summed E-state index contributed by atoms with van der Waals surface area (Å²) in [5, 5.41) is 21.7. The molecule has 2 heterocycles. The van der Waals surface area contributed by atoms with E-state index in [-0.39, 0.29) is 50.5 Å². The van der Waals surface area contributed by atoms with Crippen molar-refractivity contribution in [2.75, 3.05) is 37.9 Å². The highest BCUT2D eigenvalue weighted by Gasteiger charge is 2.40. The van der Waals surface area contributed by atoms with Crippen LogP contribution in [0.4, 0.5) is 0 Å². The minimum Gasteiger partial charge on any atom is -0.491 e. The number of carbonyl (C=O) groups excluding carboxylic acids is 2. The van der Waals surface area contributed by atoms with Crippen molar-refractivity contribution in [3.8, 4) is 17.6 Å². The number of hydrogen-bond donors (Lipinski definition) is 2. The largest absolute Gasteiger partial charge is 0.491 e. The number of rotatable bonds is 18. The molecule has 0 radical (unpaired) electrons. The molecule has 250 valence electrons. The first-order valence-electron chi connectivity index (χ1n) is 13.5. The Hall–Kier alpha value is -2.24. The van der Waals surface area contributed by atoms with E-state index in [1.165, 1.54) is 0 Å². The smallest absolute Gasteiger partial charge is 0.350 e. The van der Waals surface area contributed by atoms with Crippen LogP contribution in [0, 0.1) is 17.9 Å². The van der Waals surface area contributed by atoms with E-state index in [9.17, 15) is 23.3 Å². The van der Waals surface area contributed by atoms with Crippen LogP contribution in [0.3, 0.4) is 0 Å². The average molecular weight is 753 g/mol. The Morgan fingerprint density at radius 3 is 1.89 bits per heavy atom. The maximum absolute atomic E-state index is 12.6. The molecule has 46 heavy (non-hydrogen) atoms. The second kappa shape index (κ2) is 18.9. The molecule has 1 aromatic rings. The summed E-state index contributed by atoms with van der Waals surface area (Å²) in [7, 11) is -4.15. The Morgan fingerprint density at radius 1 is 0.891 bits per heavy atom. The van der Waals surface area contributed by atoms with Crippen LogP contribution in [0.5, 0.6) is 11.5 Å². The molecule has 14 nitrogen and oxygen atoms in total. The molecule has 1 aromatic carbocycles. The number of fused-ring (bicyclic) bond motifs is 2. The summed E-state index contributed by atoms with van der Waals surface area (Å²) in [6, 6.07) is 1.92. The van der Waals surface area contributed by atoms with Crippen LogP contribution < -0.4 is 9.47 Å². The Labute approximate surface area is 286 Å². The van der Waals surface area contributed by atoms with Gasteiger partial charge >= 0.3 is 11.9 Å². The van der Waals surface area contributed by atoms with E-state index < -0.39 is 27.8 Å². The summed E-state index contributed by atoms with van der Waals surface area (Å²) in [5.74, 6) is -0.760. The van der Waals surface area contributed by atoms with Gasteiger partial charge in [0.2, 0.25) is 0 Å². The number of benzene rings is 1. The van der Waals surface area contributed by atoms with Gasteiger partial charge in [-0.05, 0) is 39.5 Å². The number of ether oxygens (including phenoxy) is 4. The van der Waals surface area contributed by atoms with Crippen molar-refractivity contribution < 1.29 is 56.1 Å². The Morgan fingerprint density at radius 2 is 1.41 bits per heavy atom. The summed E-state index contributed by atoms with van der Waals surface area (Å²) in [6.45, 7) is 11.3. The summed E-state index contributed by atoms with van der Waals surface area (Å²) in [6.07, 6.45) is 1.61. The summed E-state index contributed by atoms with van der Waals surface area (Å²) < 4.78 is 59.2. The Kier molecular flexibility index (Phi) is 15.7. The van der Waals surface area contributed by atoms with E-state index >= 15 is 0 Å². The predicted molar refractivity (Wildman–Crippen MR) is 173 cm³/mol. The molecule has 0 amide bonds. The molecule has 0 aromatic heterocycles. The third kappa shape index (κ3) is 10.4. The molecular formula is C26H28N2O12S6. The van der Waals surface area contributed by atoms with Crippen LogP contribution in [0.15, 0.2) is 39.3 Å². The minimum absolute atomic E-state index is 0.0526. The summed E-state index contributed by atoms with van der Waals surface area (Å²) >= 11 is 5.39. The molecule has 0 spiro atoms. The maximum Gasteiger partial charge on any atom is 0.350 e. The average Bonchev–Trinajstić information content (AvgIpc) is 3.63. The van der Waals surface area contributed by atoms with Crippen LogP contribution in [0.25, 0.3) is 4.85 Å². The minimum atomic E-state index is -4.15. The second-order valence-corrected chi connectivity index (χ2v) is 15.7. The molecule has 0 saturated carbocycles. The van der Waals surface area contributed by atoms with Crippen molar-refractivity contribution in [2.45, 2.75) is 59.1 Å². The van der Waals surface area contributed by atoms with Gasteiger partial charge in [0.1, 0.15) is 17.6 Å². The lowest BCUT2D eigenvalue weighted by Crippen LogP contribution is -2.07. The number of esters is 2. The van der Waals surface area contributed by atoms with Crippen molar-refractivity contribution in [1.29, 1.82) is 5.26 Å². The first-order valence-corrected chi connectivity index (χ1v) is 19.2. The maximum atomic E-state index is 12.6. The summed E-state index contributed by atoms with van der Waals surface area (Å²) in [5.41, 5.74) is -0.406. The molecular weight excluding hydrogens is 725 g/mol. The van der Waals surface area contributed by atoms with Crippen molar-refractivity contribution in [3.63, 3.8) is 0 Å². The fourth-order valence-corrected chi connectivity index (χ4v) is 10.0. The summed E-state index contributed by atoms with van der Waals surface area (Å²) in [4.78, 5) is 30.8. The van der Waals surface area contributed by atoms with Gasteiger partial charge in [-0.3, -0.25) is 9.35 Å². The predicted octanol–water partition coefficient (Wildman–Crippen LogP) is 6.31. The standard InChI is InChI=1S/C26H28N2O12S6/c1-4-35-23(29)15(14-27)25-42-19-17(37-10-6-8-12-41-40-39-31)21-22(45-26(44-21)16(28-3)24(30)36-5-2)18(20(19)43-25)38-11-7-9-13-46(32,33)34/h31H,4-13H2,1-2H3,(H,32,33,34)/b25-15+,26-16+. The quantitative estimate of drug-likeness (QED) is 0.0195. The SMILES string of the molecule is [C-]#[N+]/C(C(=O)OCC)=C1\Sc2c(OCCCCSOOO)c3c(c(OCCCCS(=O)(=O)O)c2S1)S/C(=C(\C#N)C(=O)OCC)S3. The first-order chi connectivity index (χ1) is 22.1. The molecule has 2 N–H and O–H groups in total. The molecule has 0 atom stereocenters. The van der Waals surface area contributed by atoms with Crippen LogP contribution in [-0.4, -0.2) is 68.1 Å². The van der Waals surface area contributed by atoms with Crippen LogP contribution in [0.1, 0.15) is 39.5 Å². The van der Waals surface area contributed by atoms with Gasteiger partial charge in [-0.15, -0.1) is 4.33 Å². The van der Waals surface area contributed by atoms with Crippen LogP contribution in [-0.2, 0) is 38.6 Å². The Balaban J connectivity index is 2.09. The number of hydrogen-bond acceptors (Lipinski definition) is 17. The number of thioether (sulfide) groups is 4. The molecule has 20 heteroatoms. The van der Waals surface area contributed by atoms with Crippen molar-refractivity contribution >= 4 is 81.1 Å². The lowest BCUT2D eigenvalue weighted by atomic mass is 10.3. The van der Waals surface area contributed by atoms with Gasteiger partial charge in [-0.2, -0.15) is 13.7 Å². The zero-order valence-electron chi connectivity index (χ0n) is 24.4. The third-order valence-corrected chi connectivity index (χ3v) is 12.2. The normalized spacial score (nSPS) is 15.7. The van der Waals surface area contributed by atoms with E-state index in [0.29, 0.717) is 58.1 Å². The van der Waals surface area contributed by atoms with E-state index in [1.807, 2.05) is 6.07 Å². The van der Waals surface area contributed by atoms with Crippen molar-refractivity contribution in [3.05, 3.63) is 31.2 Å². The fraction of sp³-hybridized carbons (Fsp3) is 0.462. The highest BCUT2D eigenvalue weighted by Crippen LogP contribution is 2.68. The lowest BCUT2D eigenvalue weighted by molar-refractivity contribution is -0.432. The van der Waals surface area contributed by atoms with E-state index in [2.05, 4.69) is 14.2 Å². The van der Waals surface area contributed by atoms with E-state index in [1.54, 1.807) is 13.8 Å². The fourth-order valence-electron chi connectivity index (χ4n) is 3.67. The first kappa shape index (κ1) is 38.2. The molecule has 3 rings (SSSR count). The number of nitriles is 1. The van der Waals surface area contributed by atoms with Gasteiger partial charge in [0.15, 0.2) is 5.57 Å². The zero-order chi connectivity index (χ0) is 33.7. The Bertz CT molecular complexity index is 1480. The van der Waals surface area contributed by atoms with E-state index in [0.717, 1.165) is 59.1 Å².